The lowest BCUT2D eigenvalue weighted by molar-refractivity contribution is -0.114. The highest BCUT2D eigenvalue weighted by Gasteiger charge is 2.20. The average Bonchev–Trinajstić information content (AvgIpc) is 3.33. The molecule has 0 spiro atoms. The van der Waals surface area contributed by atoms with Gasteiger partial charge < -0.3 is 15.7 Å². The van der Waals surface area contributed by atoms with Crippen molar-refractivity contribution in [2.45, 2.75) is 13.1 Å². The van der Waals surface area contributed by atoms with Gasteiger partial charge >= 0.3 is 0 Å². The number of carbonyl (C=O) groups excluding carboxylic acids is 1. The summed E-state index contributed by atoms with van der Waals surface area (Å²) in [5, 5.41) is 20.5. The molecule has 0 bridgehead atoms. The summed E-state index contributed by atoms with van der Waals surface area (Å²) in [6.45, 7) is 5.07. The molecule has 2 heterocycles. The third kappa shape index (κ3) is 5.89. The molecular formula is C26H24F2N4O2S. The Morgan fingerprint density at radius 1 is 1.09 bits per heavy atom. The van der Waals surface area contributed by atoms with Crippen molar-refractivity contribution >= 4 is 28.6 Å². The monoisotopic (exact) mass is 494 g/mol. The van der Waals surface area contributed by atoms with Crippen LogP contribution in [0.25, 0.3) is 10.4 Å². The molecule has 1 aromatic heterocycles. The first-order chi connectivity index (χ1) is 17.0. The summed E-state index contributed by atoms with van der Waals surface area (Å²) in [5.74, 6) is -1.22. The molecule has 4 rings (SSSR count). The lowest BCUT2D eigenvalue weighted by Crippen LogP contribution is -2.33. The average molecular weight is 495 g/mol. The van der Waals surface area contributed by atoms with Crippen molar-refractivity contribution < 1.29 is 18.7 Å². The Morgan fingerprint density at radius 3 is 2.71 bits per heavy atom. The molecule has 0 unspecified atom stereocenters. The van der Waals surface area contributed by atoms with E-state index in [1.54, 1.807) is 30.3 Å². The van der Waals surface area contributed by atoms with Crippen molar-refractivity contribution in [3.05, 3.63) is 101 Å². The normalized spacial score (nSPS) is 13.2. The third-order valence-electron chi connectivity index (χ3n) is 5.25. The third-order valence-corrected chi connectivity index (χ3v) is 6.37. The van der Waals surface area contributed by atoms with Gasteiger partial charge in [-0.05, 0) is 59.7 Å². The number of nitrogens with zero attached hydrogens (tertiary/aromatic N) is 2. The van der Waals surface area contributed by atoms with Crippen LogP contribution in [0.15, 0.2) is 84.1 Å². The summed E-state index contributed by atoms with van der Waals surface area (Å²) in [4.78, 5) is 14.5. The van der Waals surface area contributed by atoms with E-state index < -0.39 is 11.7 Å². The molecule has 6 nitrogen and oxygen atoms in total. The first-order valence-corrected chi connectivity index (χ1v) is 11.8. The summed E-state index contributed by atoms with van der Waals surface area (Å²) in [6, 6.07) is 14.5. The molecule has 3 N–H and O–H groups in total. The fourth-order valence-corrected chi connectivity index (χ4v) is 4.51. The van der Waals surface area contributed by atoms with Crippen LogP contribution in [0, 0.1) is 11.6 Å². The van der Waals surface area contributed by atoms with Gasteiger partial charge in [0.25, 0.3) is 5.91 Å². The van der Waals surface area contributed by atoms with Gasteiger partial charge in [0.2, 0.25) is 0 Å². The number of rotatable bonds is 9. The van der Waals surface area contributed by atoms with Crippen molar-refractivity contribution in [3.63, 3.8) is 0 Å². The molecule has 3 aromatic rings. The van der Waals surface area contributed by atoms with Crippen LogP contribution in [0.3, 0.4) is 0 Å². The minimum atomic E-state index is -0.471. The molecule has 0 radical (unpaired) electrons. The van der Waals surface area contributed by atoms with E-state index in [0.717, 1.165) is 20.9 Å². The predicted octanol–water partition coefficient (Wildman–Crippen LogP) is 4.34. The molecule has 1 aliphatic heterocycles. The van der Waals surface area contributed by atoms with Gasteiger partial charge in [-0.25, -0.2) is 13.8 Å². The Balaban J connectivity index is 1.45. The number of benzene rings is 2. The zero-order valence-corrected chi connectivity index (χ0v) is 19.6. The highest BCUT2D eigenvalue weighted by Crippen LogP contribution is 2.32. The molecule has 180 valence electrons. The lowest BCUT2D eigenvalue weighted by Gasteiger charge is -2.23. The number of anilines is 1. The van der Waals surface area contributed by atoms with Gasteiger partial charge in [0.1, 0.15) is 23.0 Å². The summed E-state index contributed by atoms with van der Waals surface area (Å²) in [6.07, 6.45) is 3.14. The molecule has 1 aliphatic rings. The lowest BCUT2D eigenvalue weighted by atomic mass is 10.1. The van der Waals surface area contributed by atoms with Gasteiger partial charge in [0.05, 0.1) is 18.8 Å². The summed E-state index contributed by atoms with van der Waals surface area (Å²) in [5.41, 5.74) is 2.44. The first kappa shape index (κ1) is 24.5. The molecule has 0 aliphatic carbocycles. The molecule has 0 atom stereocenters. The van der Waals surface area contributed by atoms with Crippen molar-refractivity contribution in [1.82, 2.24) is 10.6 Å². The molecule has 0 saturated carbocycles. The number of aliphatic hydroxyl groups is 1. The summed E-state index contributed by atoms with van der Waals surface area (Å²) in [7, 11) is 0. The Bertz CT molecular complexity index is 1300. The van der Waals surface area contributed by atoms with Gasteiger partial charge in [0, 0.05) is 22.8 Å². The van der Waals surface area contributed by atoms with E-state index in [-0.39, 0.29) is 30.4 Å². The molecule has 0 saturated heterocycles. The summed E-state index contributed by atoms with van der Waals surface area (Å²) >= 11 is 1.45. The number of para-hydroxylation sites is 1. The van der Waals surface area contributed by atoms with Crippen LogP contribution in [-0.4, -0.2) is 29.9 Å². The van der Waals surface area contributed by atoms with Gasteiger partial charge in [-0.2, -0.15) is 5.10 Å². The van der Waals surface area contributed by atoms with E-state index in [0.29, 0.717) is 18.8 Å². The van der Waals surface area contributed by atoms with Crippen molar-refractivity contribution in [2.75, 3.05) is 18.2 Å². The molecule has 0 fully saturated rings. The van der Waals surface area contributed by atoms with E-state index in [4.69, 9.17) is 5.11 Å². The van der Waals surface area contributed by atoms with Crippen LogP contribution in [0.5, 0.6) is 0 Å². The number of hydrogen-bond donors (Lipinski definition) is 3. The molecule has 1 amide bonds. The second-order valence-electron chi connectivity index (χ2n) is 7.72. The van der Waals surface area contributed by atoms with Gasteiger partial charge in [0.15, 0.2) is 0 Å². The maximum Gasteiger partial charge on any atom is 0.272 e. The Kier molecular flexibility index (Phi) is 7.81. The van der Waals surface area contributed by atoms with Crippen LogP contribution in [-0.2, 0) is 17.9 Å². The molecule has 35 heavy (non-hydrogen) atoms. The fraction of sp³-hybridized carbons (Fsp3) is 0.154. The fourth-order valence-electron chi connectivity index (χ4n) is 3.51. The Labute approximate surface area is 205 Å². The van der Waals surface area contributed by atoms with Crippen LogP contribution >= 0.6 is 11.3 Å². The standard InChI is InChI=1S/C26H24F2N4O2S/c1-17-6-10-23(31-32(17)24-5-3-2-4-22(24)28)26(34)30-16-20-9-11-25(35-20)21-14-19(27)8-7-18(21)15-29-12-13-33/h2-11,14,29,33H,1,12-13,15-16H2,(H,30,34). The largest absolute Gasteiger partial charge is 0.395 e. The number of halogens is 2. The maximum absolute atomic E-state index is 14.2. The topological polar surface area (TPSA) is 77.0 Å². The molecule has 9 heteroatoms. The Hall–Kier alpha value is -3.66. The number of nitrogens with one attached hydrogen (secondary N) is 2. The van der Waals surface area contributed by atoms with E-state index in [9.17, 15) is 13.6 Å². The van der Waals surface area contributed by atoms with E-state index in [1.807, 2.05) is 12.1 Å². The highest BCUT2D eigenvalue weighted by molar-refractivity contribution is 7.15. The predicted molar refractivity (Wildman–Crippen MR) is 135 cm³/mol. The number of hydrogen-bond acceptors (Lipinski definition) is 6. The second kappa shape index (κ2) is 11.2. The van der Waals surface area contributed by atoms with Gasteiger partial charge in [-0.3, -0.25) is 4.79 Å². The van der Waals surface area contributed by atoms with Crippen molar-refractivity contribution in [2.24, 2.45) is 5.10 Å². The van der Waals surface area contributed by atoms with Crippen LogP contribution < -0.4 is 15.6 Å². The smallest absolute Gasteiger partial charge is 0.272 e. The van der Waals surface area contributed by atoms with E-state index in [1.165, 1.54) is 40.6 Å². The maximum atomic E-state index is 14.2. The van der Waals surface area contributed by atoms with Crippen LogP contribution in [0.2, 0.25) is 0 Å². The van der Waals surface area contributed by atoms with E-state index >= 15 is 0 Å². The van der Waals surface area contributed by atoms with E-state index in [2.05, 4.69) is 22.3 Å². The SMILES string of the molecule is C=C1C=CC(C(=O)NCc2ccc(-c3cc(F)ccc3CNCCO)s2)=NN1c1ccccc1F. The molecular weight excluding hydrogens is 470 g/mol. The van der Waals surface area contributed by atoms with Gasteiger partial charge in [-0.15, -0.1) is 11.3 Å². The number of allylic oxidation sites excluding steroid dienone is 1. The first-order valence-electron chi connectivity index (χ1n) is 10.9. The number of aliphatic hydroxyl groups excluding tert-OH is 1. The number of carbonyl (C=O) groups is 1. The van der Waals surface area contributed by atoms with Crippen LogP contribution in [0.1, 0.15) is 10.4 Å². The number of amides is 1. The molecule has 2 aromatic carbocycles. The minimum absolute atomic E-state index is 0.0199. The Morgan fingerprint density at radius 2 is 1.91 bits per heavy atom. The second-order valence-corrected chi connectivity index (χ2v) is 8.89. The zero-order valence-electron chi connectivity index (χ0n) is 18.8. The number of thiophene rings is 1. The van der Waals surface area contributed by atoms with Crippen molar-refractivity contribution in [1.29, 1.82) is 0 Å². The van der Waals surface area contributed by atoms with Gasteiger partial charge in [-0.1, -0.05) is 24.8 Å². The minimum Gasteiger partial charge on any atom is -0.395 e. The highest BCUT2D eigenvalue weighted by atomic mass is 32.1. The van der Waals surface area contributed by atoms with Crippen molar-refractivity contribution in [3.8, 4) is 10.4 Å². The quantitative estimate of drug-likeness (QED) is 0.387. The van der Waals surface area contributed by atoms with Crippen LogP contribution in [0.4, 0.5) is 14.5 Å². The summed E-state index contributed by atoms with van der Waals surface area (Å²) < 4.78 is 28.1. The number of hydrazone groups is 1. The zero-order chi connectivity index (χ0) is 24.8.